The molecule has 0 radical (unpaired) electrons. The number of imidazole rings is 1. The highest BCUT2D eigenvalue weighted by atomic mass is 35.5. The van der Waals surface area contributed by atoms with Crippen molar-refractivity contribution in [1.82, 2.24) is 20.4 Å². The highest BCUT2D eigenvalue weighted by molar-refractivity contribution is 6.30. The monoisotopic (exact) mass is 488 g/mol. The maximum Gasteiger partial charge on any atom is 0.329 e. The summed E-state index contributed by atoms with van der Waals surface area (Å²) in [4.78, 5) is 33.9. The van der Waals surface area contributed by atoms with Crippen molar-refractivity contribution in [3.8, 4) is 0 Å². The summed E-state index contributed by atoms with van der Waals surface area (Å²) >= 11 is 5.91. The fourth-order valence-electron chi connectivity index (χ4n) is 3.95. The minimum atomic E-state index is -0.828. The van der Waals surface area contributed by atoms with E-state index < -0.39 is 18.0 Å². The van der Waals surface area contributed by atoms with Crippen molar-refractivity contribution in [2.45, 2.75) is 12.6 Å². The first-order chi connectivity index (χ1) is 16.9. The second-order valence-corrected chi connectivity index (χ2v) is 8.44. The van der Waals surface area contributed by atoms with Crippen molar-refractivity contribution in [2.24, 2.45) is 16.7 Å². The van der Waals surface area contributed by atoms with Gasteiger partial charge in [-0.25, -0.2) is 20.7 Å². The van der Waals surface area contributed by atoms with E-state index in [1.54, 1.807) is 60.9 Å². The third kappa shape index (κ3) is 4.52. The van der Waals surface area contributed by atoms with Gasteiger partial charge in [0.15, 0.2) is 5.84 Å². The number of aromatic amines is 1. The van der Waals surface area contributed by atoms with Crippen LogP contribution in [-0.2, 0) is 11.3 Å². The SMILES string of the molecule is N/C(=N\N(N)Cc1ccc(Cl)cc1)c1ccc(C2C(=O)NC(=O)N2c2ccc3nc[nH]c3c2)cc1. The normalized spacial score (nSPS) is 16.1. The molecule has 0 bridgehead atoms. The Morgan fingerprint density at radius 2 is 1.83 bits per heavy atom. The molecule has 6 N–H and O–H groups in total. The molecule has 1 saturated heterocycles. The number of aromatic nitrogens is 2. The molecule has 0 saturated carbocycles. The lowest BCUT2D eigenvalue weighted by Crippen LogP contribution is -2.30. The number of nitrogens with one attached hydrogen (secondary N) is 2. The summed E-state index contributed by atoms with van der Waals surface area (Å²) in [5, 5.41) is 8.49. The fourth-order valence-corrected chi connectivity index (χ4v) is 4.08. The van der Waals surface area contributed by atoms with Crippen LogP contribution in [-0.4, -0.2) is 32.9 Å². The Morgan fingerprint density at radius 1 is 1.09 bits per heavy atom. The van der Waals surface area contributed by atoms with Gasteiger partial charge in [0.05, 0.1) is 23.9 Å². The lowest BCUT2D eigenvalue weighted by molar-refractivity contribution is -0.119. The number of carbonyl (C=O) groups excluding carboxylic acids is 2. The average molecular weight is 489 g/mol. The molecule has 3 aromatic carbocycles. The molecule has 1 fully saturated rings. The van der Waals surface area contributed by atoms with Gasteiger partial charge in [0.25, 0.3) is 5.91 Å². The first kappa shape index (κ1) is 22.4. The first-order valence-corrected chi connectivity index (χ1v) is 11.0. The van der Waals surface area contributed by atoms with E-state index in [0.29, 0.717) is 28.4 Å². The number of anilines is 1. The van der Waals surface area contributed by atoms with Gasteiger partial charge in [-0.3, -0.25) is 15.0 Å². The number of amides is 3. The van der Waals surface area contributed by atoms with Crippen LogP contribution in [0.5, 0.6) is 0 Å². The zero-order valence-electron chi connectivity index (χ0n) is 18.4. The zero-order chi connectivity index (χ0) is 24.5. The maximum atomic E-state index is 12.7. The largest absolute Gasteiger partial charge is 0.382 e. The van der Waals surface area contributed by atoms with E-state index in [1.807, 2.05) is 12.1 Å². The van der Waals surface area contributed by atoms with Gasteiger partial charge in [0.2, 0.25) is 0 Å². The second-order valence-electron chi connectivity index (χ2n) is 8.00. The van der Waals surface area contributed by atoms with E-state index >= 15 is 0 Å². The molecular weight excluding hydrogens is 468 g/mol. The Hall–Kier alpha value is -4.41. The topological polar surface area (TPSA) is 146 Å². The summed E-state index contributed by atoms with van der Waals surface area (Å²) < 4.78 is 0. The molecule has 2 heterocycles. The minimum absolute atomic E-state index is 0.210. The summed E-state index contributed by atoms with van der Waals surface area (Å²) in [7, 11) is 0. The van der Waals surface area contributed by atoms with E-state index in [9.17, 15) is 9.59 Å². The lowest BCUT2D eigenvalue weighted by Gasteiger charge is -2.22. The summed E-state index contributed by atoms with van der Waals surface area (Å²) in [6, 6.07) is 18.2. The molecule has 1 atom stereocenters. The van der Waals surface area contributed by atoms with Crippen LogP contribution in [0.25, 0.3) is 11.0 Å². The van der Waals surface area contributed by atoms with E-state index in [2.05, 4.69) is 20.4 Å². The van der Waals surface area contributed by atoms with Gasteiger partial charge in [-0.15, -0.1) is 5.10 Å². The Labute approximate surface area is 205 Å². The van der Waals surface area contributed by atoms with Crippen LogP contribution in [0.1, 0.15) is 22.7 Å². The number of H-pyrrole nitrogens is 1. The Morgan fingerprint density at radius 3 is 2.57 bits per heavy atom. The van der Waals surface area contributed by atoms with E-state index in [4.69, 9.17) is 23.2 Å². The second kappa shape index (κ2) is 9.09. The molecule has 4 aromatic rings. The molecule has 1 aliphatic rings. The number of urea groups is 1. The van der Waals surface area contributed by atoms with Crippen molar-refractivity contribution in [2.75, 3.05) is 4.90 Å². The standard InChI is InChI=1S/C24H21ClN8O2/c25-17-7-1-14(2-8-17)12-32(27)31-22(26)16-5-3-15(4-6-16)21-23(34)30-24(35)33(21)18-9-10-19-20(11-18)29-13-28-19/h1-11,13,21H,12,27H2,(H2,26,31)(H,28,29)(H,30,34,35). The fraction of sp³-hybridized carbons (Fsp3) is 0.0833. The van der Waals surface area contributed by atoms with E-state index in [-0.39, 0.29) is 5.84 Å². The van der Waals surface area contributed by atoms with Crippen LogP contribution in [0, 0.1) is 0 Å². The van der Waals surface area contributed by atoms with Gasteiger partial charge < -0.3 is 10.7 Å². The maximum absolute atomic E-state index is 12.7. The van der Waals surface area contributed by atoms with Gasteiger partial charge >= 0.3 is 6.03 Å². The number of hydrazone groups is 1. The summed E-state index contributed by atoms with van der Waals surface area (Å²) in [5.74, 6) is 5.79. The predicted octanol–water partition coefficient (Wildman–Crippen LogP) is 3.01. The van der Waals surface area contributed by atoms with Gasteiger partial charge in [-0.05, 0) is 41.5 Å². The third-order valence-electron chi connectivity index (χ3n) is 5.65. The lowest BCUT2D eigenvalue weighted by atomic mass is 10.0. The number of benzene rings is 3. The van der Waals surface area contributed by atoms with Crippen LogP contribution >= 0.6 is 11.6 Å². The number of amidine groups is 1. The van der Waals surface area contributed by atoms with E-state index in [0.717, 1.165) is 16.6 Å². The van der Waals surface area contributed by atoms with Crippen molar-refractivity contribution < 1.29 is 9.59 Å². The summed E-state index contributed by atoms with van der Waals surface area (Å²) in [6.07, 6.45) is 1.57. The highest BCUT2D eigenvalue weighted by Crippen LogP contribution is 2.32. The zero-order valence-corrected chi connectivity index (χ0v) is 19.1. The number of halogens is 1. The summed E-state index contributed by atoms with van der Waals surface area (Å²) in [5.41, 5.74) is 10.4. The predicted molar refractivity (Wildman–Crippen MR) is 133 cm³/mol. The highest BCUT2D eigenvalue weighted by Gasteiger charge is 2.40. The smallest absolute Gasteiger partial charge is 0.329 e. The summed E-state index contributed by atoms with van der Waals surface area (Å²) in [6.45, 7) is 0.343. The van der Waals surface area contributed by atoms with Crippen LogP contribution < -0.4 is 21.8 Å². The molecule has 176 valence electrons. The van der Waals surface area contributed by atoms with Crippen molar-refractivity contribution in [3.63, 3.8) is 0 Å². The van der Waals surface area contributed by atoms with Gasteiger partial charge in [-0.1, -0.05) is 48.0 Å². The van der Waals surface area contributed by atoms with Crippen LogP contribution in [0.4, 0.5) is 10.5 Å². The molecule has 3 amide bonds. The molecule has 1 unspecified atom stereocenters. The van der Waals surface area contributed by atoms with Crippen molar-refractivity contribution >= 4 is 46.1 Å². The number of nitrogens with two attached hydrogens (primary N) is 2. The Kier molecular flexibility index (Phi) is 5.81. The number of hydrogen-bond donors (Lipinski definition) is 4. The number of hydrogen-bond acceptors (Lipinski definition) is 6. The number of imide groups is 1. The van der Waals surface area contributed by atoms with Crippen molar-refractivity contribution in [1.29, 1.82) is 0 Å². The number of fused-ring (bicyclic) bond motifs is 1. The molecule has 35 heavy (non-hydrogen) atoms. The molecule has 10 nitrogen and oxygen atoms in total. The van der Waals surface area contributed by atoms with Crippen LogP contribution in [0.3, 0.4) is 0 Å². The first-order valence-electron chi connectivity index (χ1n) is 10.7. The van der Waals surface area contributed by atoms with Gasteiger partial charge in [0, 0.05) is 16.3 Å². The molecule has 0 aliphatic carbocycles. The van der Waals surface area contributed by atoms with E-state index in [1.165, 1.54) is 10.0 Å². The number of hydrazine groups is 1. The molecule has 1 aliphatic heterocycles. The molecule has 5 rings (SSSR count). The molecule has 1 aromatic heterocycles. The van der Waals surface area contributed by atoms with Crippen LogP contribution in [0.2, 0.25) is 5.02 Å². The van der Waals surface area contributed by atoms with Crippen molar-refractivity contribution in [3.05, 3.63) is 94.8 Å². The number of nitrogens with zero attached hydrogens (tertiary/aromatic N) is 4. The Bertz CT molecular complexity index is 1430. The quantitative estimate of drug-likeness (QED) is 0.108. The molecule has 11 heteroatoms. The molecular formula is C24H21ClN8O2. The number of carbonyl (C=O) groups is 2. The van der Waals surface area contributed by atoms with Crippen LogP contribution in [0.15, 0.2) is 78.2 Å². The Balaban J connectivity index is 1.36. The van der Waals surface area contributed by atoms with Gasteiger partial charge in [-0.2, -0.15) is 0 Å². The minimum Gasteiger partial charge on any atom is -0.382 e. The third-order valence-corrected chi connectivity index (χ3v) is 5.91. The number of rotatable bonds is 6. The molecule has 0 spiro atoms. The average Bonchev–Trinajstić information content (AvgIpc) is 3.43. The van der Waals surface area contributed by atoms with Gasteiger partial charge in [0.1, 0.15) is 6.04 Å².